The second-order valence-corrected chi connectivity index (χ2v) is 3.46. The highest BCUT2D eigenvalue weighted by Crippen LogP contribution is 2.24. The Hall–Kier alpha value is -1.54. The standard InChI is InChI=1S/C9H6BrN3O/c1-14-9-6(4-11)2-3-8-12-5-7(10)13(8)9/h2-3,5H,1H3. The summed E-state index contributed by atoms with van der Waals surface area (Å²) in [6, 6.07) is 5.52. The smallest absolute Gasteiger partial charge is 0.218 e. The van der Waals surface area contributed by atoms with Crippen molar-refractivity contribution in [2.24, 2.45) is 0 Å². The molecule has 0 atom stereocenters. The summed E-state index contributed by atoms with van der Waals surface area (Å²) in [5.74, 6) is 0.495. The SMILES string of the molecule is COc1c(C#N)ccc2ncc(Br)n12. The molecular formula is C9H6BrN3O. The highest BCUT2D eigenvalue weighted by atomic mass is 79.9. The fourth-order valence-electron chi connectivity index (χ4n) is 1.30. The minimum absolute atomic E-state index is 0.485. The minimum atomic E-state index is 0.485. The molecule has 0 bridgehead atoms. The molecule has 0 radical (unpaired) electrons. The predicted octanol–water partition coefficient (Wildman–Crippen LogP) is 1.98. The third kappa shape index (κ3) is 1.16. The number of hydrogen-bond acceptors (Lipinski definition) is 3. The largest absolute Gasteiger partial charge is 0.481 e. The first-order valence-electron chi connectivity index (χ1n) is 3.88. The van der Waals surface area contributed by atoms with Gasteiger partial charge in [0.1, 0.15) is 21.9 Å². The molecule has 0 aliphatic rings. The molecule has 2 aromatic heterocycles. The predicted molar refractivity (Wildman–Crippen MR) is 54.2 cm³/mol. The summed E-state index contributed by atoms with van der Waals surface area (Å²) < 4.78 is 7.66. The number of halogens is 1. The van der Waals surface area contributed by atoms with Crippen molar-refractivity contribution in [3.05, 3.63) is 28.5 Å². The fourth-order valence-corrected chi connectivity index (χ4v) is 1.74. The Balaban J connectivity index is 2.89. The molecule has 0 aliphatic heterocycles. The average molecular weight is 252 g/mol. The van der Waals surface area contributed by atoms with E-state index in [9.17, 15) is 0 Å². The molecule has 2 aromatic rings. The number of rotatable bonds is 1. The van der Waals surface area contributed by atoms with Gasteiger partial charge in [0.05, 0.1) is 13.3 Å². The molecule has 4 nitrogen and oxygen atoms in total. The van der Waals surface area contributed by atoms with E-state index in [1.165, 1.54) is 7.11 Å². The van der Waals surface area contributed by atoms with Gasteiger partial charge in [0.2, 0.25) is 5.88 Å². The van der Waals surface area contributed by atoms with Crippen molar-refractivity contribution in [2.45, 2.75) is 0 Å². The van der Waals surface area contributed by atoms with Crippen molar-refractivity contribution in [3.63, 3.8) is 0 Å². The number of nitriles is 1. The number of methoxy groups -OCH3 is 1. The molecule has 2 heterocycles. The molecule has 0 fully saturated rings. The van der Waals surface area contributed by atoms with Crippen LogP contribution in [0.15, 0.2) is 22.9 Å². The maximum Gasteiger partial charge on any atom is 0.218 e. The van der Waals surface area contributed by atoms with E-state index in [0.29, 0.717) is 11.4 Å². The molecule has 0 saturated heterocycles. The van der Waals surface area contributed by atoms with Crippen LogP contribution in [0.4, 0.5) is 0 Å². The lowest BCUT2D eigenvalue weighted by Crippen LogP contribution is -1.97. The van der Waals surface area contributed by atoms with Crippen LogP contribution in [0.5, 0.6) is 5.88 Å². The lowest BCUT2D eigenvalue weighted by molar-refractivity contribution is 0.390. The summed E-state index contributed by atoms with van der Waals surface area (Å²) in [6.07, 6.45) is 1.67. The number of imidazole rings is 1. The maximum atomic E-state index is 8.86. The van der Waals surface area contributed by atoms with Crippen LogP contribution in [-0.4, -0.2) is 16.5 Å². The van der Waals surface area contributed by atoms with Crippen molar-refractivity contribution in [1.82, 2.24) is 9.38 Å². The Bertz CT molecular complexity index is 527. The summed E-state index contributed by atoms with van der Waals surface area (Å²) in [5.41, 5.74) is 1.23. The second-order valence-electron chi connectivity index (χ2n) is 2.64. The van der Waals surface area contributed by atoms with Gasteiger partial charge in [-0.05, 0) is 28.1 Å². The molecule has 0 spiro atoms. The van der Waals surface area contributed by atoms with E-state index in [4.69, 9.17) is 10.00 Å². The summed E-state index contributed by atoms with van der Waals surface area (Å²) in [4.78, 5) is 4.13. The van der Waals surface area contributed by atoms with Gasteiger partial charge in [0.25, 0.3) is 0 Å². The molecular weight excluding hydrogens is 246 g/mol. The topological polar surface area (TPSA) is 50.3 Å². The van der Waals surface area contributed by atoms with Crippen LogP contribution >= 0.6 is 15.9 Å². The molecule has 0 amide bonds. The highest BCUT2D eigenvalue weighted by molar-refractivity contribution is 9.10. The molecule has 14 heavy (non-hydrogen) atoms. The van der Waals surface area contributed by atoms with Crippen molar-refractivity contribution in [1.29, 1.82) is 5.26 Å². The average Bonchev–Trinajstić information content (AvgIpc) is 2.59. The molecule has 0 aromatic carbocycles. The zero-order valence-electron chi connectivity index (χ0n) is 7.36. The number of aromatic nitrogens is 2. The van der Waals surface area contributed by atoms with Gasteiger partial charge in [-0.15, -0.1) is 0 Å². The van der Waals surface area contributed by atoms with Crippen LogP contribution < -0.4 is 4.74 Å². The van der Waals surface area contributed by atoms with Gasteiger partial charge in [-0.25, -0.2) is 4.98 Å². The Morgan fingerprint density at radius 3 is 3.00 bits per heavy atom. The lowest BCUT2D eigenvalue weighted by Gasteiger charge is -2.05. The van der Waals surface area contributed by atoms with Gasteiger partial charge < -0.3 is 4.74 Å². The summed E-state index contributed by atoms with van der Waals surface area (Å²) in [6.45, 7) is 0. The Morgan fingerprint density at radius 2 is 2.36 bits per heavy atom. The van der Waals surface area contributed by atoms with Crippen molar-refractivity contribution < 1.29 is 4.74 Å². The first-order valence-corrected chi connectivity index (χ1v) is 4.67. The Morgan fingerprint density at radius 1 is 1.57 bits per heavy atom. The summed E-state index contributed by atoms with van der Waals surface area (Å²) in [5, 5.41) is 8.86. The molecule has 5 heteroatoms. The van der Waals surface area contributed by atoms with E-state index in [0.717, 1.165) is 10.3 Å². The number of ether oxygens (including phenoxy) is 1. The zero-order chi connectivity index (χ0) is 10.1. The van der Waals surface area contributed by atoms with E-state index < -0.39 is 0 Å². The third-order valence-corrected chi connectivity index (χ3v) is 2.45. The number of fused-ring (bicyclic) bond motifs is 1. The van der Waals surface area contributed by atoms with Crippen LogP contribution in [0.3, 0.4) is 0 Å². The monoisotopic (exact) mass is 251 g/mol. The molecule has 70 valence electrons. The van der Waals surface area contributed by atoms with Crippen LogP contribution in [0.2, 0.25) is 0 Å². The number of nitrogens with zero attached hydrogens (tertiary/aromatic N) is 3. The maximum absolute atomic E-state index is 8.86. The summed E-state index contributed by atoms with van der Waals surface area (Å²) in [7, 11) is 1.53. The van der Waals surface area contributed by atoms with Gasteiger partial charge in [0.15, 0.2) is 0 Å². The van der Waals surface area contributed by atoms with Gasteiger partial charge >= 0.3 is 0 Å². The lowest BCUT2D eigenvalue weighted by atomic mass is 10.3. The van der Waals surface area contributed by atoms with Gasteiger partial charge in [0, 0.05) is 0 Å². The normalized spacial score (nSPS) is 10.1. The molecule has 0 aliphatic carbocycles. The fraction of sp³-hybridized carbons (Fsp3) is 0.111. The van der Waals surface area contributed by atoms with Crippen LogP contribution in [0.25, 0.3) is 5.65 Å². The first kappa shape index (κ1) is 9.03. The van der Waals surface area contributed by atoms with Gasteiger partial charge in [-0.2, -0.15) is 5.26 Å². The quantitative estimate of drug-likeness (QED) is 0.779. The van der Waals surface area contributed by atoms with Crippen molar-refractivity contribution in [2.75, 3.05) is 7.11 Å². The minimum Gasteiger partial charge on any atom is -0.481 e. The van der Waals surface area contributed by atoms with E-state index in [1.54, 1.807) is 22.7 Å². The van der Waals surface area contributed by atoms with Crippen LogP contribution in [-0.2, 0) is 0 Å². The van der Waals surface area contributed by atoms with Crippen molar-refractivity contribution in [3.8, 4) is 11.9 Å². The van der Waals surface area contributed by atoms with E-state index >= 15 is 0 Å². The molecule has 0 unspecified atom stereocenters. The summed E-state index contributed by atoms with van der Waals surface area (Å²) >= 11 is 3.33. The molecule has 2 rings (SSSR count). The highest BCUT2D eigenvalue weighted by Gasteiger charge is 2.10. The molecule has 0 N–H and O–H groups in total. The van der Waals surface area contributed by atoms with Crippen LogP contribution in [0.1, 0.15) is 5.56 Å². The first-order chi connectivity index (χ1) is 6.77. The van der Waals surface area contributed by atoms with Gasteiger partial charge in [-0.3, -0.25) is 4.40 Å². The third-order valence-electron chi connectivity index (χ3n) is 1.89. The second kappa shape index (κ2) is 3.31. The van der Waals surface area contributed by atoms with Gasteiger partial charge in [-0.1, -0.05) is 0 Å². The Labute approximate surface area is 88.9 Å². The number of pyridine rings is 1. The van der Waals surface area contributed by atoms with E-state index in [2.05, 4.69) is 27.0 Å². The zero-order valence-corrected chi connectivity index (χ0v) is 8.95. The molecule has 0 saturated carbocycles. The van der Waals surface area contributed by atoms with Crippen LogP contribution in [0, 0.1) is 11.3 Å². The van der Waals surface area contributed by atoms with E-state index in [-0.39, 0.29) is 0 Å². The van der Waals surface area contributed by atoms with Crippen molar-refractivity contribution >= 4 is 21.6 Å². The number of hydrogen-bond donors (Lipinski definition) is 0. The van der Waals surface area contributed by atoms with E-state index in [1.807, 2.05) is 0 Å². The Kier molecular flexibility index (Phi) is 2.14.